The summed E-state index contributed by atoms with van der Waals surface area (Å²) in [7, 11) is 3.12. The molecule has 0 radical (unpaired) electrons. The summed E-state index contributed by atoms with van der Waals surface area (Å²) in [5.74, 6) is 1.26. The topological polar surface area (TPSA) is 42.2 Å². The first-order valence-corrected chi connectivity index (χ1v) is 5.00. The molecule has 0 aliphatic heterocycles. The van der Waals surface area contributed by atoms with Crippen LogP contribution in [0.1, 0.15) is 12.5 Å². The molecule has 0 heterocycles. The van der Waals surface area contributed by atoms with E-state index in [-0.39, 0.29) is 0 Å². The zero-order valence-electron chi connectivity index (χ0n) is 9.37. The van der Waals surface area contributed by atoms with Gasteiger partial charge in [-0.15, -0.1) is 0 Å². The molecule has 0 fully saturated rings. The smallest absolute Gasteiger partial charge is 0.131 e. The van der Waals surface area contributed by atoms with Gasteiger partial charge in [-0.25, -0.2) is 0 Å². The Morgan fingerprint density at radius 1 is 1.31 bits per heavy atom. The molecule has 0 saturated heterocycles. The van der Waals surface area contributed by atoms with E-state index in [9.17, 15) is 0 Å². The average Bonchev–Trinajstić information content (AvgIpc) is 2.35. The number of hydrogen-bond donors (Lipinski definition) is 0. The van der Waals surface area contributed by atoms with E-state index in [0.29, 0.717) is 27.7 Å². The van der Waals surface area contributed by atoms with Crippen molar-refractivity contribution in [3.05, 3.63) is 29.3 Å². The molecule has 0 N–H and O–H groups in total. The van der Waals surface area contributed by atoms with Crippen LogP contribution in [0.4, 0.5) is 0 Å². The molecule has 0 amide bonds. The molecule has 4 heteroatoms. The molecule has 0 aliphatic rings. The summed E-state index contributed by atoms with van der Waals surface area (Å²) in [6, 6.07) is 7.26. The number of nitrogens with zero attached hydrogens (tertiary/aromatic N) is 1. The highest BCUT2D eigenvalue weighted by atomic mass is 35.5. The van der Waals surface area contributed by atoms with Crippen molar-refractivity contribution in [2.24, 2.45) is 0 Å². The van der Waals surface area contributed by atoms with Crippen molar-refractivity contribution in [3.8, 4) is 17.6 Å². The zero-order valence-corrected chi connectivity index (χ0v) is 10.1. The minimum Gasteiger partial charge on any atom is -0.497 e. The van der Waals surface area contributed by atoms with Gasteiger partial charge in [0.25, 0.3) is 0 Å². The van der Waals surface area contributed by atoms with Gasteiger partial charge in [0.1, 0.15) is 11.5 Å². The van der Waals surface area contributed by atoms with Crippen LogP contribution in [0, 0.1) is 11.3 Å². The van der Waals surface area contributed by atoms with Crippen LogP contribution >= 0.6 is 11.6 Å². The molecule has 0 unspecified atom stereocenters. The lowest BCUT2D eigenvalue weighted by Crippen LogP contribution is -1.92. The number of halogens is 1. The summed E-state index contributed by atoms with van der Waals surface area (Å²) >= 11 is 6.07. The third-order valence-electron chi connectivity index (χ3n) is 2.14. The maximum atomic E-state index is 8.77. The predicted octanol–water partition coefficient (Wildman–Crippen LogP) is 3.20. The fraction of sp³-hybridized carbons (Fsp3) is 0.250. The summed E-state index contributed by atoms with van der Waals surface area (Å²) in [5.41, 5.74) is 1.13. The van der Waals surface area contributed by atoms with Crippen LogP contribution in [-0.4, -0.2) is 14.2 Å². The van der Waals surface area contributed by atoms with Gasteiger partial charge in [0.15, 0.2) is 0 Å². The van der Waals surface area contributed by atoms with Gasteiger partial charge in [0, 0.05) is 17.2 Å². The quantitative estimate of drug-likeness (QED) is 0.759. The van der Waals surface area contributed by atoms with Crippen LogP contribution in [0.2, 0.25) is 0 Å². The lowest BCUT2D eigenvalue weighted by atomic mass is 10.1. The second-order valence-electron chi connectivity index (χ2n) is 3.12. The number of ether oxygens (including phenoxy) is 2. The van der Waals surface area contributed by atoms with Gasteiger partial charge in [-0.2, -0.15) is 5.26 Å². The molecule has 0 spiro atoms. The van der Waals surface area contributed by atoms with Crippen molar-refractivity contribution < 1.29 is 9.47 Å². The SMILES string of the molecule is COc1ccc(C(Cl)=C(C)C#N)c(OC)c1. The van der Waals surface area contributed by atoms with E-state index in [1.165, 1.54) is 0 Å². The molecule has 0 bridgehead atoms. The molecule has 1 rings (SSSR count). The van der Waals surface area contributed by atoms with E-state index in [1.54, 1.807) is 39.3 Å². The minimum atomic E-state index is 0.391. The maximum absolute atomic E-state index is 8.77. The summed E-state index contributed by atoms with van der Waals surface area (Å²) in [6.45, 7) is 1.66. The second kappa shape index (κ2) is 5.43. The summed E-state index contributed by atoms with van der Waals surface area (Å²) < 4.78 is 10.3. The minimum absolute atomic E-state index is 0.391. The molecule has 0 saturated carbocycles. The second-order valence-corrected chi connectivity index (χ2v) is 3.49. The molecule has 16 heavy (non-hydrogen) atoms. The standard InChI is InChI=1S/C12H12ClNO2/c1-8(7-14)12(13)10-5-4-9(15-2)6-11(10)16-3/h4-6H,1-3H3. The van der Waals surface area contributed by atoms with Crippen molar-refractivity contribution in [2.75, 3.05) is 14.2 Å². The molecule has 3 nitrogen and oxygen atoms in total. The molecular formula is C12H12ClNO2. The predicted molar refractivity (Wildman–Crippen MR) is 63.6 cm³/mol. The highest BCUT2D eigenvalue weighted by Crippen LogP contribution is 2.33. The number of allylic oxidation sites excluding steroid dienone is 1. The van der Waals surface area contributed by atoms with E-state index in [1.807, 2.05) is 6.07 Å². The van der Waals surface area contributed by atoms with Crippen LogP contribution in [0.3, 0.4) is 0 Å². The Hall–Kier alpha value is -1.66. The van der Waals surface area contributed by atoms with Crippen molar-refractivity contribution in [1.82, 2.24) is 0 Å². The van der Waals surface area contributed by atoms with Crippen molar-refractivity contribution in [3.63, 3.8) is 0 Å². The van der Waals surface area contributed by atoms with Crippen LogP contribution in [0.15, 0.2) is 23.8 Å². The zero-order chi connectivity index (χ0) is 12.1. The van der Waals surface area contributed by atoms with Crippen molar-refractivity contribution in [2.45, 2.75) is 6.92 Å². The highest BCUT2D eigenvalue weighted by molar-refractivity contribution is 6.49. The fourth-order valence-electron chi connectivity index (χ4n) is 1.23. The molecule has 0 atom stereocenters. The van der Waals surface area contributed by atoms with Gasteiger partial charge in [-0.1, -0.05) is 11.6 Å². The number of nitriles is 1. The lowest BCUT2D eigenvalue weighted by Gasteiger charge is -2.09. The Morgan fingerprint density at radius 2 is 2.00 bits per heavy atom. The molecule has 1 aromatic carbocycles. The number of methoxy groups -OCH3 is 2. The van der Waals surface area contributed by atoms with E-state index < -0.39 is 0 Å². The Bertz CT molecular complexity index is 461. The number of benzene rings is 1. The van der Waals surface area contributed by atoms with Gasteiger partial charge in [-0.3, -0.25) is 0 Å². The van der Waals surface area contributed by atoms with Gasteiger partial charge >= 0.3 is 0 Å². The van der Waals surface area contributed by atoms with Crippen molar-refractivity contribution >= 4 is 16.6 Å². The fourth-order valence-corrected chi connectivity index (χ4v) is 1.43. The van der Waals surface area contributed by atoms with E-state index >= 15 is 0 Å². The Balaban J connectivity index is 3.31. The largest absolute Gasteiger partial charge is 0.497 e. The normalized spacial score (nSPS) is 11.4. The molecule has 1 aromatic rings. The summed E-state index contributed by atoms with van der Waals surface area (Å²) in [5, 5.41) is 9.16. The third-order valence-corrected chi connectivity index (χ3v) is 2.63. The van der Waals surface area contributed by atoms with Crippen LogP contribution in [-0.2, 0) is 0 Å². The molecule has 84 valence electrons. The Kier molecular flexibility index (Phi) is 4.21. The van der Waals surface area contributed by atoms with Gasteiger partial charge < -0.3 is 9.47 Å². The molecule has 0 aliphatic carbocycles. The maximum Gasteiger partial charge on any atom is 0.131 e. The summed E-state index contributed by atoms with van der Waals surface area (Å²) in [4.78, 5) is 0. The lowest BCUT2D eigenvalue weighted by molar-refractivity contribution is 0.393. The molecule has 0 aromatic heterocycles. The van der Waals surface area contributed by atoms with Crippen LogP contribution < -0.4 is 9.47 Å². The Morgan fingerprint density at radius 3 is 2.50 bits per heavy atom. The first kappa shape index (κ1) is 12.4. The van der Waals surface area contributed by atoms with Crippen LogP contribution in [0.25, 0.3) is 5.03 Å². The van der Waals surface area contributed by atoms with Gasteiger partial charge in [-0.05, 0) is 19.1 Å². The summed E-state index contributed by atoms with van der Waals surface area (Å²) in [6.07, 6.45) is 0. The highest BCUT2D eigenvalue weighted by Gasteiger charge is 2.10. The number of rotatable bonds is 3. The first-order valence-electron chi connectivity index (χ1n) is 4.63. The van der Waals surface area contributed by atoms with Gasteiger partial charge in [0.05, 0.1) is 25.3 Å². The monoisotopic (exact) mass is 237 g/mol. The van der Waals surface area contributed by atoms with E-state index in [2.05, 4.69) is 0 Å². The van der Waals surface area contributed by atoms with Crippen LogP contribution in [0.5, 0.6) is 11.5 Å². The van der Waals surface area contributed by atoms with E-state index in [4.69, 9.17) is 26.3 Å². The third kappa shape index (κ3) is 2.47. The average molecular weight is 238 g/mol. The van der Waals surface area contributed by atoms with Gasteiger partial charge in [0.2, 0.25) is 0 Å². The first-order chi connectivity index (χ1) is 7.63. The number of hydrogen-bond acceptors (Lipinski definition) is 3. The van der Waals surface area contributed by atoms with Crippen molar-refractivity contribution in [1.29, 1.82) is 5.26 Å². The van der Waals surface area contributed by atoms with E-state index in [0.717, 1.165) is 0 Å². The molecular weight excluding hydrogens is 226 g/mol. The Labute approximate surface area is 99.9 Å².